The summed E-state index contributed by atoms with van der Waals surface area (Å²) in [4.78, 5) is 11.2. The molecule has 0 spiro atoms. The molecule has 2 rings (SSSR count). The number of carbonyl (C=O) groups is 1. The molecule has 76 valence electrons. The molecular weight excluding hydrogens is 188 g/mol. The molecule has 1 atom stereocenters. The maximum atomic E-state index is 11.2. The van der Waals surface area contributed by atoms with Crippen molar-refractivity contribution < 1.29 is 4.79 Å². The minimum absolute atomic E-state index is 0. The molecule has 2 N–H and O–H groups in total. The van der Waals surface area contributed by atoms with Gasteiger partial charge >= 0.3 is 0 Å². The molecule has 0 radical (unpaired) electrons. The van der Waals surface area contributed by atoms with Gasteiger partial charge in [-0.05, 0) is 38.3 Å². The van der Waals surface area contributed by atoms with E-state index in [1.54, 1.807) is 0 Å². The topological polar surface area (TPSA) is 41.1 Å². The normalized spacial score (nSPS) is 26.6. The molecule has 1 amide bonds. The fraction of sp³-hybridized carbons (Fsp3) is 0.889. The van der Waals surface area contributed by atoms with Gasteiger partial charge in [0, 0.05) is 12.5 Å². The van der Waals surface area contributed by atoms with Crippen molar-refractivity contribution in [3.05, 3.63) is 0 Å². The van der Waals surface area contributed by atoms with Gasteiger partial charge in [-0.15, -0.1) is 12.4 Å². The second-order valence-corrected chi connectivity index (χ2v) is 3.88. The fourth-order valence-electron chi connectivity index (χ4n) is 1.62. The molecule has 1 aliphatic heterocycles. The second-order valence-electron chi connectivity index (χ2n) is 3.88. The Balaban J connectivity index is 0.000000845. The summed E-state index contributed by atoms with van der Waals surface area (Å²) < 4.78 is 0. The molecule has 1 saturated carbocycles. The van der Waals surface area contributed by atoms with Crippen molar-refractivity contribution >= 4 is 18.3 Å². The van der Waals surface area contributed by atoms with Crippen LogP contribution in [0.3, 0.4) is 0 Å². The third kappa shape index (κ3) is 3.16. The van der Waals surface area contributed by atoms with Crippen molar-refractivity contribution in [2.75, 3.05) is 19.6 Å². The molecule has 1 saturated heterocycles. The molecule has 13 heavy (non-hydrogen) atoms. The summed E-state index contributed by atoms with van der Waals surface area (Å²) in [5, 5.41) is 6.30. The Morgan fingerprint density at radius 3 is 2.69 bits per heavy atom. The number of halogens is 1. The second kappa shape index (κ2) is 4.82. The third-order valence-electron chi connectivity index (χ3n) is 2.68. The highest BCUT2D eigenvalue weighted by Crippen LogP contribution is 2.28. The molecule has 3 nitrogen and oxygen atoms in total. The van der Waals surface area contributed by atoms with Gasteiger partial charge in [0.05, 0.1) is 0 Å². The van der Waals surface area contributed by atoms with Crippen LogP contribution in [-0.2, 0) is 4.79 Å². The van der Waals surface area contributed by atoms with E-state index in [9.17, 15) is 4.79 Å². The number of carbonyl (C=O) groups excluding carboxylic acids is 1. The van der Waals surface area contributed by atoms with E-state index < -0.39 is 0 Å². The number of amides is 1. The van der Waals surface area contributed by atoms with Gasteiger partial charge < -0.3 is 10.6 Å². The molecule has 0 unspecified atom stereocenters. The Bertz CT molecular complexity index is 176. The smallest absolute Gasteiger partial charge is 0.223 e. The van der Waals surface area contributed by atoms with Crippen LogP contribution < -0.4 is 10.6 Å². The van der Waals surface area contributed by atoms with E-state index in [-0.39, 0.29) is 18.3 Å². The lowest BCUT2D eigenvalue weighted by molar-refractivity contribution is -0.122. The Morgan fingerprint density at radius 2 is 2.15 bits per heavy atom. The number of hydrogen-bond acceptors (Lipinski definition) is 2. The van der Waals surface area contributed by atoms with E-state index in [2.05, 4.69) is 10.6 Å². The molecule has 2 fully saturated rings. The summed E-state index contributed by atoms with van der Waals surface area (Å²) in [5.74, 6) is 1.31. The predicted octanol–water partition coefficient (Wildman–Crippen LogP) is 0.544. The Morgan fingerprint density at radius 1 is 1.38 bits per heavy atom. The zero-order chi connectivity index (χ0) is 8.39. The Hall–Kier alpha value is -0.280. The van der Waals surface area contributed by atoms with Crippen LogP contribution in [0, 0.1) is 11.8 Å². The average molecular weight is 205 g/mol. The van der Waals surface area contributed by atoms with Crippen molar-refractivity contribution in [2.45, 2.75) is 19.3 Å². The first-order chi connectivity index (χ1) is 5.86. The summed E-state index contributed by atoms with van der Waals surface area (Å²) in [6.45, 7) is 3.07. The molecule has 1 heterocycles. The van der Waals surface area contributed by atoms with Crippen LogP contribution >= 0.6 is 12.4 Å². The quantitative estimate of drug-likeness (QED) is 0.705. The van der Waals surface area contributed by atoms with E-state index in [4.69, 9.17) is 0 Å². The van der Waals surface area contributed by atoms with E-state index >= 15 is 0 Å². The summed E-state index contributed by atoms with van der Waals surface area (Å²) in [5.41, 5.74) is 0. The molecular formula is C9H17ClN2O. The largest absolute Gasteiger partial charge is 0.356 e. The van der Waals surface area contributed by atoms with Crippen LogP contribution in [0.25, 0.3) is 0 Å². The first-order valence-electron chi connectivity index (χ1n) is 4.84. The Labute approximate surface area is 85.1 Å². The van der Waals surface area contributed by atoms with Crippen molar-refractivity contribution in [2.24, 2.45) is 11.8 Å². The lowest BCUT2D eigenvalue weighted by Crippen LogP contribution is -2.31. The van der Waals surface area contributed by atoms with Gasteiger partial charge in [-0.25, -0.2) is 0 Å². The van der Waals surface area contributed by atoms with Crippen molar-refractivity contribution in [3.63, 3.8) is 0 Å². The molecule has 0 aromatic rings. The predicted molar refractivity (Wildman–Crippen MR) is 54.0 cm³/mol. The molecule has 1 aliphatic carbocycles. The minimum atomic E-state index is 0. The van der Waals surface area contributed by atoms with Crippen molar-refractivity contribution in [3.8, 4) is 0 Å². The molecule has 2 aliphatic rings. The van der Waals surface area contributed by atoms with Crippen LogP contribution in [0.15, 0.2) is 0 Å². The lowest BCUT2D eigenvalue weighted by atomic mass is 10.1. The van der Waals surface area contributed by atoms with E-state index in [1.807, 2.05) is 0 Å². The molecule has 0 aromatic heterocycles. The highest BCUT2D eigenvalue weighted by atomic mass is 35.5. The van der Waals surface area contributed by atoms with Crippen LogP contribution in [0.5, 0.6) is 0 Å². The van der Waals surface area contributed by atoms with Crippen LogP contribution in [-0.4, -0.2) is 25.5 Å². The van der Waals surface area contributed by atoms with E-state index in [0.29, 0.717) is 11.8 Å². The van der Waals surface area contributed by atoms with Crippen LogP contribution in [0.2, 0.25) is 0 Å². The lowest BCUT2D eigenvalue weighted by Gasteiger charge is -2.08. The van der Waals surface area contributed by atoms with Crippen LogP contribution in [0.4, 0.5) is 0 Å². The standard InChI is InChI=1S/C9H16N2O.ClH/c12-9(8-1-2-8)11-6-7-3-4-10-5-7;/h7-8,10H,1-6H2,(H,11,12);1H/t7-;/m0./s1. The van der Waals surface area contributed by atoms with E-state index in [1.165, 1.54) is 6.42 Å². The van der Waals surface area contributed by atoms with Gasteiger partial charge in [-0.2, -0.15) is 0 Å². The summed E-state index contributed by atoms with van der Waals surface area (Å²) in [6, 6.07) is 0. The highest BCUT2D eigenvalue weighted by Gasteiger charge is 2.29. The average Bonchev–Trinajstić information content (AvgIpc) is 2.80. The molecule has 0 bridgehead atoms. The van der Waals surface area contributed by atoms with Crippen molar-refractivity contribution in [1.82, 2.24) is 10.6 Å². The van der Waals surface area contributed by atoms with Gasteiger partial charge in [0.25, 0.3) is 0 Å². The zero-order valence-electron chi connectivity index (χ0n) is 7.71. The van der Waals surface area contributed by atoms with Gasteiger partial charge in [-0.3, -0.25) is 4.79 Å². The van der Waals surface area contributed by atoms with Gasteiger partial charge in [0.15, 0.2) is 0 Å². The monoisotopic (exact) mass is 204 g/mol. The zero-order valence-corrected chi connectivity index (χ0v) is 8.53. The number of rotatable bonds is 3. The van der Waals surface area contributed by atoms with Crippen molar-refractivity contribution in [1.29, 1.82) is 0 Å². The number of nitrogens with one attached hydrogen (secondary N) is 2. The highest BCUT2D eigenvalue weighted by molar-refractivity contribution is 5.85. The fourth-order valence-corrected chi connectivity index (χ4v) is 1.62. The first kappa shape index (κ1) is 10.8. The summed E-state index contributed by atoms with van der Waals surface area (Å²) >= 11 is 0. The maximum absolute atomic E-state index is 11.2. The third-order valence-corrected chi connectivity index (χ3v) is 2.68. The minimum Gasteiger partial charge on any atom is -0.356 e. The Kier molecular flexibility index (Phi) is 4.00. The van der Waals surface area contributed by atoms with Gasteiger partial charge in [0.1, 0.15) is 0 Å². The maximum Gasteiger partial charge on any atom is 0.223 e. The van der Waals surface area contributed by atoms with Crippen LogP contribution in [0.1, 0.15) is 19.3 Å². The number of hydrogen-bond donors (Lipinski definition) is 2. The summed E-state index contributed by atoms with van der Waals surface area (Å²) in [7, 11) is 0. The summed E-state index contributed by atoms with van der Waals surface area (Å²) in [6.07, 6.45) is 3.43. The molecule has 4 heteroatoms. The first-order valence-corrected chi connectivity index (χ1v) is 4.84. The van der Waals surface area contributed by atoms with Gasteiger partial charge in [0.2, 0.25) is 5.91 Å². The SMILES string of the molecule is Cl.O=C(NC[C@H]1CCNC1)C1CC1. The van der Waals surface area contributed by atoms with Gasteiger partial charge in [-0.1, -0.05) is 0 Å². The van der Waals surface area contributed by atoms with E-state index in [0.717, 1.165) is 32.5 Å². The molecule has 0 aromatic carbocycles.